The number of aromatic nitrogens is 1. The summed E-state index contributed by atoms with van der Waals surface area (Å²) in [7, 11) is 0. The first-order valence-corrected chi connectivity index (χ1v) is 10.8. The van der Waals surface area contributed by atoms with E-state index in [2.05, 4.69) is 6.07 Å². The number of carbonyl (C=O) groups excluding carboxylic acids is 1. The van der Waals surface area contributed by atoms with Crippen LogP contribution in [0, 0.1) is 0 Å². The maximum Gasteiger partial charge on any atom is 0.336 e. The van der Waals surface area contributed by atoms with Gasteiger partial charge in [-0.05, 0) is 43.2 Å². The van der Waals surface area contributed by atoms with E-state index in [1.54, 1.807) is 29.5 Å². The van der Waals surface area contributed by atoms with Crippen molar-refractivity contribution < 1.29 is 13.9 Å². The maximum absolute atomic E-state index is 12.7. The summed E-state index contributed by atoms with van der Waals surface area (Å²) in [4.78, 5) is 30.8. The number of para-hydroxylation sites is 1. The Morgan fingerprint density at radius 2 is 2.07 bits per heavy atom. The highest BCUT2D eigenvalue weighted by molar-refractivity contribution is 7.18. The first-order chi connectivity index (χ1) is 14.7. The van der Waals surface area contributed by atoms with Crippen LogP contribution in [0.4, 0.5) is 0 Å². The van der Waals surface area contributed by atoms with Crippen LogP contribution in [-0.4, -0.2) is 35.5 Å². The normalized spacial score (nSPS) is 16.8. The van der Waals surface area contributed by atoms with Crippen molar-refractivity contribution in [2.75, 3.05) is 19.7 Å². The van der Waals surface area contributed by atoms with E-state index in [0.29, 0.717) is 17.9 Å². The highest BCUT2D eigenvalue weighted by Gasteiger charge is 2.27. The molecule has 30 heavy (non-hydrogen) atoms. The number of likely N-dealkylation sites (tertiary alicyclic amines) is 1. The van der Waals surface area contributed by atoms with Gasteiger partial charge in [-0.1, -0.05) is 12.1 Å². The van der Waals surface area contributed by atoms with Gasteiger partial charge in [0.15, 0.2) is 6.61 Å². The van der Waals surface area contributed by atoms with Crippen molar-refractivity contribution in [1.82, 2.24) is 9.88 Å². The summed E-state index contributed by atoms with van der Waals surface area (Å²) in [6, 6.07) is 16.4. The fraction of sp³-hybridized carbons (Fsp3) is 0.261. The lowest BCUT2D eigenvalue weighted by atomic mass is 9.99. The van der Waals surface area contributed by atoms with Crippen molar-refractivity contribution in [3.8, 4) is 5.75 Å². The minimum Gasteiger partial charge on any atom is -0.484 e. The van der Waals surface area contributed by atoms with Crippen LogP contribution in [0.1, 0.15) is 23.8 Å². The molecule has 1 atom stereocenters. The number of ether oxygens (including phenoxy) is 1. The van der Waals surface area contributed by atoms with Gasteiger partial charge in [-0.25, -0.2) is 9.78 Å². The molecule has 0 radical (unpaired) electrons. The number of benzene rings is 2. The summed E-state index contributed by atoms with van der Waals surface area (Å²) in [5.74, 6) is 0.718. The van der Waals surface area contributed by atoms with Gasteiger partial charge in [-0.15, -0.1) is 11.3 Å². The molecule has 1 amide bonds. The monoisotopic (exact) mass is 420 g/mol. The van der Waals surface area contributed by atoms with E-state index < -0.39 is 5.63 Å². The molecular formula is C23H20N2O4S. The summed E-state index contributed by atoms with van der Waals surface area (Å²) in [5.41, 5.74) is 1.05. The Balaban J connectivity index is 1.25. The quantitative estimate of drug-likeness (QED) is 0.463. The summed E-state index contributed by atoms with van der Waals surface area (Å²) in [5, 5.41) is 1.90. The molecule has 5 rings (SSSR count). The lowest BCUT2D eigenvalue weighted by Crippen LogP contribution is -2.41. The Hall–Kier alpha value is -3.19. The molecular weight excluding hydrogens is 400 g/mol. The van der Waals surface area contributed by atoms with E-state index in [9.17, 15) is 9.59 Å². The molecule has 1 aliphatic rings. The summed E-state index contributed by atoms with van der Waals surface area (Å²) < 4.78 is 12.1. The summed E-state index contributed by atoms with van der Waals surface area (Å²) in [6.45, 7) is 1.35. The molecule has 4 aromatic rings. The van der Waals surface area contributed by atoms with Crippen LogP contribution in [-0.2, 0) is 4.79 Å². The number of piperidine rings is 1. The molecule has 1 unspecified atom stereocenters. The van der Waals surface area contributed by atoms with Gasteiger partial charge < -0.3 is 14.1 Å². The second-order valence-electron chi connectivity index (χ2n) is 7.44. The van der Waals surface area contributed by atoms with Gasteiger partial charge in [0.05, 0.1) is 15.2 Å². The molecule has 0 bridgehead atoms. The average Bonchev–Trinajstić information content (AvgIpc) is 3.21. The number of carbonyl (C=O) groups is 1. The zero-order chi connectivity index (χ0) is 20.5. The van der Waals surface area contributed by atoms with Gasteiger partial charge in [0.25, 0.3) is 5.91 Å². The summed E-state index contributed by atoms with van der Waals surface area (Å²) in [6.07, 6.45) is 1.99. The predicted octanol–water partition coefficient (Wildman–Crippen LogP) is 4.19. The van der Waals surface area contributed by atoms with E-state index in [1.807, 2.05) is 29.2 Å². The molecule has 1 fully saturated rings. The van der Waals surface area contributed by atoms with Gasteiger partial charge >= 0.3 is 5.63 Å². The fourth-order valence-electron chi connectivity index (χ4n) is 3.84. The fourth-order valence-corrected chi connectivity index (χ4v) is 4.93. The van der Waals surface area contributed by atoms with Crippen LogP contribution in [0.25, 0.3) is 21.2 Å². The van der Waals surface area contributed by atoms with Crippen LogP contribution in [0.3, 0.4) is 0 Å². The van der Waals surface area contributed by atoms with Crippen molar-refractivity contribution in [1.29, 1.82) is 0 Å². The van der Waals surface area contributed by atoms with Crippen LogP contribution in [0.5, 0.6) is 5.75 Å². The van der Waals surface area contributed by atoms with Crippen molar-refractivity contribution >= 4 is 38.4 Å². The van der Waals surface area contributed by atoms with E-state index in [0.717, 1.165) is 35.3 Å². The van der Waals surface area contributed by atoms with Gasteiger partial charge in [-0.3, -0.25) is 4.79 Å². The molecule has 7 heteroatoms. The molecule has 0 N–H and O–H groups in total. The molecule has 0 aliphatic carbocycles. The minimum atomic E-state index is -0.412. The number of nitrogens with zero attached hydrogens (tertiary/aromatic N) is 2. The molecule has 2 aromatic carbocycles. The van der Waals surface area contributed by atoms with Crippen LogP contribution in [0.2, 0.25) is 0 Å². The van der Waals surface area contributed by atoms with E-state index in [4.69, 9.17) is 14.1 Å². The van der Waals surface area contributed by atoms with Gasteiger partial charge in [0.2, 0.25) is 0 Å². The molecule has 152 valence electrons. The zero-order valence-electron chi connectivity index (χ0n) is 16.2. The number of hydrogen-bond acceptors (Lipinski definition) is 6. The Labute approximate surface area is 176 Å². The molecule has 3 heterocycles. The first-order valence-electron chi connectivity index (χ1n) is 9.96. The lowest BCUT2D eigenvalue weighted by Gasteiger charge is -2.31. The molecule has 1 aliphatic heterocycles. The average molecular weight is 420 g/mol. The third-order valence-corrected chi connectivity index (χ3v) is 6.59. The summed E-state index contributed by atoms with van der Waals surface area (Å²) >= 11 is 1.71. The Kier molecular flexibility index (Phi) is 4.96. The highest BCUT2D eigenvalue weighted by Crippen LogP contribution is 2.33. The highest BCUT2D eigenvalue weighted by atomic mass is 32.1. The maximum atomic E-state index is 12.7. The van der Waals surface area contributed by atoms with Crippen molar-refractivity contribution in [3.05, 3.63) is 70.0 Å². The molecule has 1 saturated heterocycles. The van der Waals surface area contributed by atoms with Crippen LogP contribution < -0.4 is 10.4 Å². The van der Waals surface area contributed by atoms with Crippen LogP contribution in [0.15, 0.2) is 63.8 Å². The largest absolute Gasteiger partial charge is 0.484 e. The van der Waals surface area contributed by atoms with Crippen molar-refractivity contribution in [2.45, 2.75) is 18.8 Å². The number of fused-ring (bicyclic) bond motifs is 2. The van der Waals surface area contributed by atoms with E-state index >= 15 is 0 Å². The predicted molar refractivity (Wildman–Crippen MR) is 116 cm³/mol. The zero-order valence-corrected chi connectivity index (χ0v) is 17.1. The molecule has 0 spiro atoms. The smallest absolute Gasteiger partial charge is 0.336 e. The second kappa shape index (κ2) is 7.91. The van der Waals surface area contributed by atoms with Crippen LogP contribution >= 0.6 is 11.3 Å². The Morgan fingerprint density at radius 3 is 2.97 bits per heavy atom. The number of rotatable bonds is 4. The van der Waals surface area contributed by atoms with Crippen molar-refractivity contribution in [3.63, 3.8) is 0 Å². The lowest BCUT2D eigenvalue weighted by molar-refractivity contribution is -0.134. The van der Waals surface area contributed by atoms with E-state index in [-0.39, 0.29) is 18.4 Å². The number of thiazole rings is 1. The van der Waals surface area contributed by atoms with E-state index in [1.165, 1.54) is 10.8 Å². The standard InChI is InChI=1S/C23H20N2O4S/c26-21(14-28-17-9-7-15-8-10-22(27)29-19(15)12-17)25-11-3-4-16(13-25)23-24-18-5-1-2-6-20(18)30-23/h1-2,5-10,12,16H,3-4,11,13-14H2. The number of hydrogen-bond donors (Lipinski definition) is 0. The van der Waals surface area contributed by atoms with Gasteiger partial charge in [-0.2, -0.15) is 0 Å². The third kappa shape index (κ3) is 3.80. The van der Waals surface area contributed by atoms with Gasteiger partial charge in [0, 0.05) is 36.5 Å². The first kappa shape index (κ1) is 18.8. The minimum absolute atomic E-state index is 0.0459. The Bertz CT molecular complexity index is 1250. The second-order valence-corrected chi connectivity index (χ2v) is 8.50. The topological polar surface area (TPSA) is 72.6 Å². The third-order valence-electron chi connectivity index (χ3n) is 5.39. The molecule has 0 saturated carbocycles. The number of amides is 1. The van der Waals surface area contributed by atoms with Crippen molar-refractivity contribution in [2.24, 2.45) is 0 Å². The molecule has 2 aromatic heterocycles. The van der Waals surface area contributed by atoms with Gasteiger partial charge in [0.1, 0.15) is 11.3 Å². The SMILES string of the molecule is O=C(COc1ccc2ccc(=O)oc2c1)N1CCCC(c2nc3ccccc3s2)C1. The molecule has 6 nitrogen and oxygen atoms in total. The Morgan fingerprint density at radius 1 is 1.20 bits per heavy atom.